The molecule has 0 aliphatic carbocycles. The summed E-state index contributed by atoms with van der Waals surface area (Å²) in [5, 5.41) is 6.90. The van der Waals surface area contributed by atoms with Gasteiger partial charge in [-0.25, -0.2) is 18.1 Å². The highest BCUT2D eigenvalue weighted by Crippen LogP contribution is 2.22. The van der Waals surface area contributed by atoms with Crippen LogP contribution in [0.15, 0.2) is 96.4 Å². The van der Waals surface area contributed by atoms with Gasteiger partial charge in [-0.1, -0.05) is 36.4 Å². The maximum Gasteiger partial charge on any atom is 0.264 e. The number of rotatable bonds is 7. The molecule has 3 aromatic carbocycles. The molecular weight excluding hydrogens is 426 g/mol. The van der Waals surface area contributed by atoms with Crippen molar-refractivity contribution in [3.05, 3.63) is 103 Å². The van der Waals surface area contributed by atoms with Crippen molar-refractivity contribution in [2.45, 2.75) is 11.4 Å². The van der Waals surface area contributed by atoms with Crippen LogP contribution in [-0.2, 0) is 16.6 Å². The van der Waals surface area contributed by atoms with Crippen molar-refractivity contribution in [3.8, 4) is 5.69 Å². The third kappa shape index (κ3) is 4.52. The predicted octanol–water partition coefficient (Wildman–Crippen LogP) is 3.02. The summed E-state index contributed by atoms with van der Waals surface area (Å²) in [6, 6.07) is 22.3. The number of nitrogens with zero attached hydrogens (tertiary/aromatic N) is 4. The van der Waals surface area contributed by atoms with Crippen molar-refractivity contribution >= 4 is 21.6 Å². The molecule has 8 nitrogen and oxygen atoms in total. The first-order valence-electron chi connectivity index (χ1n) is 9.81. The van der Waals surface area contributed by atoms with Gasteiger partial charge in [0.2, 0.25) is 0 Å². The minimum absolute atomic E-state index is 0.0497. The molecule has 1 amide bonds. The lowest BCUT2D eigenvalue weighted by Crippen LogP contribution is -2.27. The number of aromatic nitrogens is 3. The average Bonchev–Trinajstić information content (AvgIpc) is 3.38. The fourth-order valence-corrected chi connectivity index (χ4v) is 4.37. The standard InChI is InChI=1S/C23H21N5O3S/c1-27(20-7-3-2-4-8-20)32(30,31)22-9-5-6-19(14-22)23(29)25-15-18-10-12-21(13-11-18)28-17-24-16-26-28/h2-14,16-17H,15H2,1H3,(H,25,29). The number of anilines is 1. The van der Waals surface area contributed by atoms with Crippen LogP contribution in [0, 0.1) is 0 Å². The maximum absolute atomic E-state index is 13.0. The number of benzene rings is 3. The Morgan fingerprint density at radius 2 is 1.75 bits per heavy atom. The highest BCUT2D eigenvalue weighted by molar-refractivity contribution is 7.92. The van der Waals surface area contributed by atoms with E-state index in [1.54, 1.807) is 47.4 Å². The van der Waals surface area contributed by atoms with Gasteiger partial charge in [0, 0.05) is 19.2 Å². The molecule has 0 spiro atoms. The van der Waals surface area contributed by atoms with Crippen LogP contribution in [0.1, 0.15) is 15.9 Å². The lowest BCUT2D eigenvalue weighted by atomic mass is 10.2. The van der Waals surface area contributed by atoms with Gasteiger partial charge < -0.3 is 5.32 Å². The first-order valence-corrected chi connectivity index (χ1v) is 11.3. The van der Waals surface area contributed by atoms with E-state index in [1.165, 1.54) is 29.8 Å². The van der Waals surface area contributed by atoms with Crippen molar-refractivity contribution in [2.24, 2.45) is 0 Å². The Hall–Kier alpha value is -3.98. The zero-order valence-corrected chi connectivity index (χ0v) is 18.1. The molecule has 0 aliphatic heterocycles. The summed E-state index contributed by atoms with van der Waals surface area (Å²) in [6.45, 7) is 0.303. The lowest BCUT2D eigenvalue weighted by Gasteiger charge is -2.19. The van der Waals surface area contributed by atoms with Gasteiger partial charge >= 0.3 is 0 Å². The fraction of sp³-hybridized carbons (Fsp3) is 0.0870. The number of sulfonamides is 1. The van der Waals surface area contributed by atoms with Gasteiger partial charge in [-0.2, -0.15) is 5.10 Å². The summed E-state index contributed by atoms with van der Waals surface area (Å²) in [4.78, 5) is 16.6. The quantitative estimate of drug-likeness (QED) is 0.470. The van der Waals surface area contributed by atoms with Crippen molar-refractivity contribution in [1.82, 2.24) is 20.1 Å². The Labute approximate surface area is 186 Å². The van der Waals surface area contributed by atoms with Gasteiger partial charge in [0.15, 0.2) is 0 Å². The number of hydrogen-bond acceptors (Lipinski definition) is 5. The SMILES string of the molecule is CN(c1ccccc1)S(=O)(=O)c1cccc(C(=O)NCc2ccc(-n3cncn3)cc2)c1. The van der Waals surface area contributed by atoms with Gasteiger partial charge in [0.25, 0.3) is 15.9 Å². The molecule has 0 saturated heterocycles. The zero-order valence-electron chi connectivity index (χ0n) is 17.3. The summed E-state index contributed by atoms with van der Waals surface area (Å²) >= 11 is 0. The summed E-state index contributed by atoms with van der Waals surface area (Å²) in [5.41, 5.74) is 2.57. The first kappa shape index (κ1) is 21.3. The van der Waals surface area contributed by atoms with E-state index in [9.17, 15) is 13.2 Å². The van der Waals surface area contributed by atoms with Gasteiger partial charge in [-0.15, -0.1) is 0 Å². The third-order valence-corrected chi connectivity index (χ3v) is 6.73. The molecule has 0 aliphatic rings. The van der Waals surface area contributed by atoms with Crippen molar-refractivity contribution in [1.29, 1.82) is 0 Å². The second kappa shape index (κ2) is 9.03. The Balaban J connectivity index is 1.45. The molecule has 4 aromatic rings. The highest BCUT2D eigenvalue weighted by atomic mass is 32.2. The molecule has 9 heteroatoms. The van der Waals surface area contributed by atoms with Crippen LogP contribution in [0.4, 0.5) is 5.69 Å². The van der Waals surface area contributed by atoms with Crippen LogP contribution < -0.4 is 9.62 Å². The molecule has 1 N–H and O–H groups in total. The number of hydrogen-bond donors (Lipinski definition) is 1. The van der Waals surface area contributed by atoms with Crippen LogP contribution in [0.2, 0.25) is 0 Å². The first-order chi connectivity index (χ1) is 15.4. The number of para-hydroxylation sites is 1. The molecule has 4 rings (SSSR count). The van der Waals surface area contributed by atoms with Gasteiger partial charge in [0.1, 0.15) is 12.7 Å². The maximum atomic E-state index is 13.0. The second-order valence-corrected chi connectivity index (χ2v) is 8.99. The van der Waals surface area contributed by atoms with Crippen molar-refractivity contribution < 1.29 is 13.2 Å². The predicted molar refractivity (Wildman–Crippen MR) is 121 cm³/mol. The number of carbonyl (C=O) groups is 1. The van der Waals surface area contributed by atoms with E-state index in [0.29, 0.717) is 12.2 Å². The summed E-state index contributed by atoms with van der Waals surface area (Å²) < 4.78 is 28.8. The molecule has 162 valence electrons. The molecule has 1 heterocycles. The Bertz CT molecular complexity index is 1310. The van der Waals surface area contributed by atoms with Crippen LogP contribution >= 0.6 is 0 Å². The van der Waals surface area contributed by atoms with Crippen molar-refractivity contribution in [2.75, 3.05) is 11.4 Å². The van der Waals surface area contributed by atoms with E-state index < -0.39 is 10.0 Å². The van der Waals surface area contributed by atoms with Crippen LogP contribution in [0.5, 0.6) is 0 Å². The fourth-order valence-electron chi connectivity index (χ4n) is 3.13. The average molecular weight is 448 g/mol. The van der Waals surface area contributed by atoms with E-state index in [1.807, 2.05) is 30.3 Å². The highest BCUT2D eigenvalue weighted by Gasteiger charge is 2.22. The number of carbonyl (C=O) groups excluding carboxylic acids is 1. The van der Waals surface area contributed by atoms with E-state index in [4.69, 9.17) is 0 Å². The zero-order chi connectivity index (χ0) is 22.6. The molecule has 0 atom stereocenters. The largest absolute Gasteiger partial charge is 0.348 e. The molecule has 0 radical (unpaired) electrons. The lowest BCUT2D eigenvalue weighted by molar-refractivity contribution is 0.0950. The van der Waals surface area contributed by atoms with Crippen molar-refractivity contribution in [3.63, 3.8) is 0 Å². The summed E-state index contributed by atoms with van der Waals surface area (Å²) in [7, 11) is -2.31. The third-order valence-electron chi connectivity index (χ3n) is 4.95. The van der Waals surface area contributed by atoms with E-state index >= 15 is 0 Å². The summed E-state index contributed by atoms with van der Waals surface area (Å²) in [6.07, 6.45) is 3.06. The van der Waals surface area contributed by atoms with Crippen LogP contribution in [0.3, 0.4) is 0 Å². The van der Waals surface area contributed by atoms with Gasteiger partial charge in [0.05, 0.1) is 16.3 Å². The number of amides is 1. The monoisotopic (exact) mass is 447 g/mol. The van der Waals surface area contributed by atoms with E-state index in [-0.39, 0.29) is 16.4 Å². The summed E-state index contributed by atoms with van der Waals surface area (Å²) in [5.74, 6) is -0.357. The van der Waals surface area contributed by atoms with Gasteiger partial charge in [-0.3, -0.25) is 9.10 Å². The Morgan fingerprint density at radius 3 is 2.44 bits per heavy atom. The minimum atomic E-state index is -3.80. The minimum Gasteiger partial charge on any atom is -0.348 e. The van der Waals surface area contributed by atoms with E-state index in [2.05, 4.69) is 15.4 Å². The molecule has 32 heavy (non-hydrogen) atoms. The molecule has 1 aromatic heterocycles. The Kier molecular flexibility index (Phi) is 6.00. The molecule has 0 unspecified atom stereocenters. The molecular formula is C23H21N5O3S. The molecule has 0 fully saturated rings. The molecule has 0 saturated carbocycles. The van der Waals surface area contributed by atoms with Crippen LogP contribution in [-0.4, -0.2) is 36.1 Å². The van der Waals surface area contributed by atoms with E-state index in [0.717, 1.165) is 11.3 Å². The Morgan fingerprint density at radius 1 is 1.00 bits per heavy atom. The molecule has 0 bridgehead atoms. The topological polar surface area (TPSA) is 97.2 Å². The number of nitrogens with one attached hydrogen (secondary N) is 1. The second-order valence-electron chi connectivity index (χ2n) is 7.03. The van der Waals surface area contributed by atoms with Gasteiger partial charge in [-0.05, 0) is 48.0 Å². The van der Waals surface area contributed by atoms with Crippen LogP contribution in [0.25, 0.3) is 5.69 Å². The smallest absolute Gasteiger partial charge is 0.264 e. The normalized spacial score (nSPS) is 11.2.